The summed E-state index contributed by atoms with van der Waals surface area (Å²) in [4.78, 5) is 16.6. The highest BCUT2D eigenvalue weighted by Crippen LogP contribution is 2.27. The third-order valence-electron chi connectivity index (χ3n) is 2.94. The SMILES string of the molecule is CCN(C(=O)O)c1ccc(SCc2ccccc2)nc1N. The lowest BCUT2D eigenvalue weighted by Gasteiger charge is -2.18. The van der Waals surface area contributed by atoms with E-state index < -0.39 is 6.09 Å². The van der Waals surface area contributed by atoms with Crippen molar-refractivity contribution in [2.24, 2.45) is 0 Å². The topological polar surface area (TPSA) is 79.5 Å². The van der Waals surface area contributed by atoms with Crippen molar-refractivity contribution in [3.63, 3.8) is 0 Å². The number of benzene rings is 1. The lowest BCUT2D eigenvalue weighted by molar-refractivity contribution is 0.202. The number of aromatic nitrogens is 1. The number of thioether (sulfide) groups is 1. The molecule has 2 rings (SSSR count). The van der Waals surface area contributed by atoms with Gasteiger partial charge in [-0.15, -0.1) is 11.8 Å². The van der Waals surface area contributed by atoms with Crippen LogP contribution >= 0.6 is 11.8 Å². The molecular formula is C15H17N3O2S. The smallest absolute Gasteiger partial charge is 0.411 e. The summed E-state index contributed by atoms with van der Waals surface area (Å²) in [6.45, 7) is 2.09. The fourth-order valence-electron chi connectivity index (χ4n) is 1.90. The van der Waals surface area contributed by atoms with Crippen LogP contribution in [0.25, 0.3) is 0 Å². The van der Waals surface area contributed by atoms with E-state index >= 15 is 0 Å². The molecule has 0 aliphatic heterocycles. The summed E-state index contributed by atoms with van der Waals surface area (Å²) in [7, 11) is 0. The monoisotopic (exact) mass is 303 g/mol. The van der Waals surface area contributed by atoms with Gasteiger partial charge in [-0.3, -0.25) is 4.90 Å². The summed E-state index contributed by atoms with van der Waals surface area (Å²) in [6, 6.07) is 13.6. The molecule has 3 N–H and O–H groups in total. The maximum Gasteiger partial charge on any atom is 0.411 e. The summed E-state index contributed by atoms with van der Waals surface area (Å²) >= 11 is 1.57. The van der Waals surface area contributed by atoms with Crippen molar-refractivity contribution >= 4 is 29.4 Å². The number of nitrogens with two attached hydrogens (primary N) is 1. The van der Waals surface area contributed by atoms with Gasteiger partial charge in [0.25, 0.3) is 0 Å². The molecular weight excluding hydrogens is 286 g/mol. The van der Waals surface area contributed by atoms with E-state index in [2.05, 4.69) is 4.98 Å². The van der Waals surface area contributed by atoms with E-state index in [4.69, 9.17) is 10.8 Å². The molecule has 6 heteroatoms. The molecule has 0 saturated heterocycles. The van der Waals surface area contributed by atoms with Crippen molar-refractivity contribution in [3.8, 4) is 0 Å². The number of hydrogen-bond acceptors (Lipinski definition) is 4. The van der Waals surface area contributed by atoms with Gasteiger partial charge in [-0.2, -0.15) is 0 Å². The van der Waals surface area contributed by atoms with Gasteiger partial charge in [0, 0.05) is 12.3 Å². The zero-order valence-electron chi connectivity index (χ0n) is 11.7. The Morgan fingerprint density at radius 1 is 1.29 bits per heavy atom. The average molecular weight is 303 g/mol. The molecule has 5 nitrogen and oxygen atoms in total. The van der Waals surface area contributed by atoms with Crippen LogP contribution in [0.15, 0.2) is 47.5 Å². The van der Waals surface area contributed by atoms with E-state index in [1.54, 1.807) is 30.8 Å². The second kappa shape index (κ2) is 6.99. The van der Waals surface area contributed by atoms with Crippen LogP contribution in [0, 0.1) is 0 Å². The number of pyridine rings is 1. The number of rotatable bonds is 5. The van der Waals surface area contributed by atoms with Crippen LogP contribution in [0.3, 0.4) is 0 Å². The Labute approximate surface area is 127 Å². The first-order valence-corrected chi connectivity index (χ1v) is 7.54. The van der Waals surface area contributed by atoms with Crippen LogP contribution in [0.1, 0.15) is 12.5 Å². The molecule has 0 atom stereocenters. The molecule has 21 heavy (non-hydrogen) atoms. The summed E-state index contributed by atoms with van der Waals surface area (Å²) in [5.74, 6) is 1.03. The lowest BCUT2D eigenvalue weighted by Crippen LogP contribution is -2.29. The number of amides is 1. The Hall–Kier alpha value is -2.21. The van der Waals surface area contributed by atoms with Crippen molar-refractivity contribution in [2.75, 3.05) is 17.2 Å². The summed E-state index contributed by atoms with van der Waals surface area (Å²) in [5.41, 5.74) is 7.50. The second-order valence-corrected chi connectivity index (χ2v) is 5.35. The van der Waals surface area contributed by atoms with Crippen LogP contribution in [-0.4, -0.2) is 22.7 Å². The average Bonchev–Trinajstić information content (AvgIpc) is 2.48. The third-order valence-corrected chi connectivity index (χ3v) is 3.95. The second-order valence-electron chi connectivity index (χ2n) is 4.35. The standard InChI is InChI=1S/C15H17N3O2S/c1-2-18(15(19)20)12-8-9-13(17-14(12)16)21-10-11-6-4-3-5-7-11/h3-9H,2,10H2,1H3,(H2,16,17)(H,19,20). The first kappa shape index (κ1) is 15.2. The maximum atomic E-state index is 11.1. The van der Waals surface area contributed by atoms with Crippen molar-refractivity contribution in [2.45, 2.75) is 17.7 Å². The van der Waals surface area contributed by atoms with E-state index in [0.717, 1.165) is 10.8 Å². The number of carboxylic acid groups (broad SMARTS) is 1. The molecule has 0 spiro atoms. The number of nitrogens with zero attached hydrogens (tertiary/aromatic N) is 2. The maximum absolute atomic E-state index is 11.1. The van der Waals surface area contributed by atoms with Crippen LogP contribution in [0.5, 0.6) is 0 Å². The molecule has 1 aromatic heterocycles. The molecule has 0 fully saturated rings. The van der Waals surface area contributed by atoms with Crippen LogP contribution in [0.4, 0.5) is 16.3 Å². The van der Waals surface area contributed by atoms with Gasteiger partial charge in [0.1, 0.15) is 5.82 Å². The minimum Gasteiger partial charge on any atom is -0.465 e. The normalized spacial score (nSPS) is 10.3. The molecule has 110 valence electrons. The molecule has 0 aliphatic carbocycles. The van der Waals surface area contributed by atoms with E-state index in [1.165, 1.54) is 10.5 Å². The van der Waals surface area contributed by atoms with Crippen LogP contribution < -0.4 is 10.6 Å². The molecule has 0 aliphatic rings. The third kappa shape index (κ3) is 3.88. The predicted molar refractivity (Wildman–Crippen MR) is 85.7 cm³/mol. The van der Waals surface area contributed by atoms with Gasteiger partial charge in [-0.1, -0.05) is 30.3 Å². The summed E-state index contributed by atoms with van der Waals surface area (Å²) in [5, 5.41) is 9.89. The van der Waals surface area contributed by atoms with Crippen molar-refractivity contribution in [3.05, 3.63) is 48.0 Å². The molecule has 0 unspecified atom stereocenters. The summed E-state index contributed by atoms with van der Waals surface area (Å²) < 4.78 is 0. The molecule has 1 heterocycles. The zero-order chi connectivity index (χ0) is 15.2. The van der Waals surface area contributed by atoms with Gasteiger partial charge in [0.2, 0.25) is 0 Å². The number of nitrogen functional groups attached to an aromatic ring is 1. The van der Waals surface area contributed by atoms with Crippen LogP contribution in [-0.2, 0) is 5.75 Å². The lowest BCUT2D eigenvalue weighted by atomic mass is 10.2. The number of anilines is 2. The van der Waals surface area contributed by atoms with Crippen molar-refractivity contribution in [1.82, 2.24) is 4.98 Å². The van der Waals surface area contributed by atoms with E-state index in [1.807, 2.05) is 30.3 Å². The van der Waals surface area contributed by atoms with Crippen molar-refractivity contribution < 1.29 is 9.90 Å². The van der Waals surface area contributed by atoms with Gasteiger partial charge in [-0.25, -0.2) is 9.78 Å². The molecule has 2 aromatic rings. The Balaban J connectivity index is 2.10. The quantitative estimate of drug-likeness (QED) is 0.827. The highest BCUT2D eigenvalue weighted by molar-refractivity contribution is 7.98. The van der Waals surface area contributed by atoms with Gasteiger partial charge in [-0.05, 0) is 24.6 Å². The highest BCUT2D eigenvalue weighted by Gasteiger charge is 2.16. The molecule has 0 bridgehead atoms. The molecule has 0 saturated carbocycles. The highest BCUT2D eigenvalue weighted by atomic mass is 32.2. The van der Waals surface area contributed by atoms with Gasteiger partial charge in [0.15, 0.2) is 0 Å². The van der Waals surface area contributed by atoms with E-state index in [0.29, 0.717) is 12.2 Å². The van der Waals surface area contributed by atoms with E-state index in [-0.39, 0.29) is 5.82 Å². The molecule has 0 radical (unpaired) electrons. The van der Waals surface area contributed by atoms with Crippen molar-refractivity contribution in [1.29, 1.82) is 0 Å². The Morgan fingerprint density at radius 2 is 2.00 bits per heavy atom. The van der Waals surface area contributed by atoms with Gasteiger partial charge >= 0.3 is 6.09 Å². The predicted octanol–water partition coefficient (Wildman–Crippen LogP) is 3.46. The fraction of sp³-hybridized carbons (Fsp3) is 0.200. The Bertz CT molecular complexity index is 620. The fourth-order valence-corrected chi connectivity index (χ4v) is 2.73. The molecule has 1 aromatic carbocycles. The first-order chi connectivity index (χ1) is 10.1. The minimum atomic E-state index is -1.03. The minimum absolute atomic E-state index is 0.234. The molecule has 1 amide bonds. The van der Waals surface area contributed by atoms with Gasteiger partial charge < -0.3 is 10.8 Å². The Morgan fingerprint density at radius 3 is 2.57 bits per heavy atom. The number of hydrogen-bond donors (Lipinski definition) is 2. The zero-order valence-corrected chi connectivity index (χ0v) is 12.5. The summed E-state index contributed by atoms with van der Waals surface area (Å²) in [6.07, 6.45) is -1.03. The van der Waals surface area contributed by atoms with E-state index in [9.17, 15) is 4.79 Å². The van der Waals surface area contributed by atoms with Gasteiger partial charge in [0.05, 0.1) is 10.7 Å². The largest absolute Gasteiger partial charge is 0.465 e. The van der Waals surface area contributed by atoms with Crippen LogP contribution in [0.2, 0.25) is 0 Å². The Kier molecular flexibility index (Phi) is 5.05. The first-order valence-electron chi connectivity index (χ1n) is 6.55. The number of carbonyl (C=O) groups is 1.